The molecule has 3 aliphatic rings. The van der Waals surface area contributed by atoms with E-state index in [0.717, 1.165) is 11.1 Å². The third-order valence-electron chi connectivity index (χ3n) is 8.44. The van der Waals surface area contributed by atoms with Crippen LogP contribution in [0.15, 0.2) is 66.8 Å². The van der Waals surface area contributed by atoms with Crippen LogP contribution in [0.25, 0.3) is 0 Å². The third-order valence-corrected chi connectivity index (χ3v) is 8.44. The molecule has 0 aromatic heterocycles. The van der Waals surface area contributed by atoms with E-state index < -0.39 is 29.0 Å². The molecule has 192 valence electrons. The van der Waals surface area contributed by atoms with E-state index in [9.17, 15) is 19.5 Å². The summed E-state index contributed by atoms with van der Waals surface area (Å²) in [6, 6.07) is 9.82. The highest BCUT2D eigenvalue weighted by Crippen LogP contribution is 2.58. The van der Waals surface area contributed by atoms with Crippen molar-refractivity contribution in [3.63, 3.8) is 0 Å². The molecule has 4 rings (SSSR count). The number of benzene rings is 1. The number of esters is 1. The second-order valence-electron chi connectivity index (χ2n) is 11.0. The predicted octanol–water partition coefficient (Wildman–Crippen LogP) is 3.95. The molecule has 1 aliphatic heterocycles. The largest absolute Gasteiger partial charge is 0.457 e. The molecule has 36 heavy (non-hydrogen) atoms. The summed E-state index contributed by atoms with van der Waals surface area (Å²) < 4.78 is 5.87. The first-order chi connectivity index (χ1) is 17.0. The Morgan fingerprint density at radius 1 is 1.19 bits per heavy atom. The number of amides is 1. The van der Waals surface area contributed by atoms with Gasteiger partial charge in [-0.25, -0.2) is 0 Å². The lowest BCUT2D eigenvalue weighted by Gasteiger charge is -2.50. The molecule has 6 nitrogen and oxygen atoms in total. The number of rotatable bonds is 3. The standard InChI is InChI=1S/C30H37NO5/c1-18-10-9-13-23-16-19(2)20(3)26-24(17-22-11-7-6-8-12-22)31-28(34)30(23,26)25(36-21(4)32)14-15-29(5,35)27(18)33/h6-9,11-15,18,20,23-26,35H,2,10,16-17H2,1,3-5H3,(H,31,34)/b13-9+,15-14+/t18-,20+,23-,24-,25+,26-,29+,30?/m0/s1. The van der Waals surface area contributed by atoms with Crippen molar-refractivity contribution in [3.8, 4) is 0 Å². The first kappa shape index (κ1) is 26.1. The molecule has 1 unspecified atom stereocenters. The van der Waals surface area contributed by atoms with Gasteiger partial charge in [0.2, 0.25) is 5.91 Å². The van der Waals surface area contributed by atoms with Crippen LogP contribution in [-0.4, -0.2) is 40.5 Å². The smallest absolute Gasteiger partial charge is 0.303 e. The fraction of sp³-hybridized carbons (Fsp3) is 0.500. The van der Waals surface area contributed by atoms with Crippen LogP contribution in [-0.2, 0) is 25.5 Å². The molecular formula is C30H37NO5. The van der Waals surface area contributed by atoms with Crippen molar-refractivity contribution >= 4 is 17.7 Å². The Kier molecular flexibility index (Phi) is 7.11. The number of hydrogen-bond acceptors (Lipinski definition) is 5. The minimum atomic E-state index is -1.75. The number of carbonyl (C=O) groups is 3. The second kappa shape index (κ2) is 9.81. The van der Waals surface area contributed by atoms with Gasteiger partial charge in [0.05, 0.1) is 0 Å². The van der Waals surface area contributed by atoms with Gasteiger partial charge in [-0.05, 0) is 55.7 Å². The van der Waals surface area contributed by atoms with Crippen molar-refractivity contribution < 1.29 is 24.2 Å². The number of hydrogen-bond donors (Lipinski definition) is 2. The quantitative estimate of drug-likeness (QED) is 0.494. The molecule has 2 fully saturated rings. The first-order valence-corrected chi connectivity index (χ1v) is 12.8. The van der Waals surface area contributed by atoms with Crippen molar-refractivity contribution in [2.45, 2.75) is 64.7 Å². The number of ketones is 1. The highest BCUT2D eigenvalue weighted by molar-refractivity contribution is 5.91. The van der Waals surface area contributed by atoms with E-state index >= 15 is 0 Å². The highest BCUT2D eigenvalue weighted by Gasteiger charge is 2.66. The fourth-order valence-corrected chi connectivity index (χ4v) is 6.62. The second-order valence-corrected chi connectivity index (χ2v) is 11.0. The summed E-state index contributed by atoms with van der Waals surface area (Å²) in [5, 5.41) is 14.3. The van der Waals surface area contributed by atoms with E-state index in [0.29, 0.717) is 19.3 Å². The van der Waals surface area contributed by atoms with Crippen molar-refractivity contribution in [1.82, 2.24) is 5.32 Å². The molecule has 0 bridgehead atoms. The Bertz CT molecular complexity index is 1100. The molecule has 1 spiro atoms. The zero-order chi connectivity index (χ0) is 26.3. The van der Waals surface area contributed by atoms with Crippen molar-refractivity contribution in [2.24, 2.45) is 29.1 Å². The fourth-order valence-electron chi connectivity index (χ4n) is 6.62. The van der Waals surface area contributed by atoms with Crippen molar-refractivity contribution in [1.29, 1.82) is 0 Å². The number of allylic oxidation sites excluding steroid dienone is 3. The molecule has 8 atom stereocenters. The summed E-state index contributed by atoms with van der Waals surface area (Å²) in [5.41, 5.74) is -0.698. The Balaban J connectivity index is 1.91. The maximum absolute atomic E-state index is 14.1. The van der Waals surface area contributed by atoms with E-state index in [4.69, 9.17) is 4.74 Å². The summed E-state index contributed by atoms with van der Waals surface area (Å²) >= 11 is 0. The number of Topliss-reactive ketones (excluding diaryl/α,β-unsaturated/α-hetero) is 1. The molecule has 1 amide bonds. The Morgan fingerprint density at radius 2 is 1.89 bits per heavy atom. The van der Waals surface area contributed by atoms with Crippen LogP contribution in [0.1, 0.15) is 46.1 Å². The predicted molar refractivity (Wildman–Crippen MR) is 138 cm³/mol. The number of nitrogens with one attached hydrogen (secondary N) is 1. The SMILES string of the molecule is C=C1C[C@@H]2/C=C/C[C@H](C)C(=O)[C@](C)(O)/C=C/[C@@H](OC(C)=O)C23C(=O)N[C@@H](Cc2ccccc2)[C@@H]3[C@@H]1C. The molecule has 6 heteroatoms. The van der Waals surface area contributed by atoms with E-state index in [1.54, 1.807) is 13.0 Å². The van der Waals surface area contributed by atoms with E-state index in [1.165, 1.54) is 19.9 Å². The lowest BCUT2D eigenvalue weighted by molar-refractivity contribution is -0.161. The molecule has 2 N–H and O–H groups in total. The highest BCUT2D eigenvalue weighted by atomic mass is 16.5. The summed E-state index contributed by atoms with van der Waals surface area (Å²) in [6.45, 7) is 11.0. The summed E-state index contributed by atoms with van der Waals surface area (Å²) in [5.74, 6) is -1.94. The maximum atomic E-state index is 14.1. The molecule has 1 saturated heterocycles. The van der Waals surface area contributed by atoms with Crippen molar-refractivity contribution in [2.75, 3.05) is 0 Å². The van der Waals surface area contributed by atoms with E-state index in [2.05, 4.69) is 18.8 Å². The number of ether oxygens (including phenoxy) is 1. The van der Waals surface area contributed by atoms with Crippen LogP contribution in [0.2, 0.25) is 0 Å². The summed E-state index contributed by atoms with van der Waals surface area (Å²) in [7, 11) is 0. The Labute approximate surface area is 213 Å². The van der Waals surface area contributed by atoms with Crippen LogP contribution in [0, 0.1) is 29.1 Å². The van der Waals surface area contributed by atoms with Gasteiger partial charge in [-0.15, -0.1) is 0 Å². The van der Waals surface area contributed by atoms with Gasteiger partial charge in [0, 0.05) is 24.8 Å². The maximum Gasteiger partial charge on any atom is 0.303 e. The van der Waals surface area contributed by atoms with Crippen LogP contribution in [0.3, 0.4) is 0 Å². The Morgan fingerprint density at radius 3 is 2.56 bits per heavy atom. The Hall–Kier alpha value is -2.99. The summed E-state index contributed by atoms with van der Waals surface area (Å²) in [4.78, 5) is 39.4. The molecule has 0 radical (unpaired) electrons. The van der Waals surface area contributed by atoms with Gasteiger partial charge >= 0.3 is 5.97 Å². The minimum absolute atomic E-state index is 0.0139. The number of aliphatic hydroxyl groups is 1. The van der Waals surface area contributed by atoms with Crippen LogP contribution < -0.4 is 5.32 Å². The van der Waals surface area contributed by atoms with E-state index in [1.807, 2.05) is 42.5 Å². The zero-order valence-corrected chi connectivity index (χ0v) is 21.6. The van der Waals surface area contributed by atoms with Gasteiger partial charge in [-0.2, -0.15) is 0 Å². The zero-order valence-electron chi connectivity index (χ0n) is 21.6. The summed E-state index contributed by atoms with van der Waals surface area (Å²) in [6.07, 6.45) is 7.59. The van der Waals surface area contributed by atoms with Gasteiger partial charge in [-0.3, -0.25) is 14.4 Å². The first-order valence-electron chi connectivity index (χ1n) is 12.8. The van der Waals surface area contributed by atoms with Gasteiger partial charge in [0.1, 0.15) is 17.1 Å². The van der Waals surface area contributed by atoms with E-state index in [-0.39, 0.29) is 35.5 Å². The molecule has 1 aromatic rings. The monoisotopic (exact) mass is 491 g/mol. The molecule has 1 saturated carbocycles. The van der Waals surface area contributed by atoms with Crippen LogP contribution in [0.5, 0.6) is 0 Å². The lowest BCUT2D eigenvalue weighted by atomic mass is 9.52. The molecule has 1 heterocycles. The normalized spacial score (nSPS) is 40.3. The van der Waals surface area contributed by atoms with Gasteiger partial charge in [-0.1, -0.05) is 68.5 Å². The molecule has 2 aliphatic carbocycles. The third kappa shape index (κ3) is 4.47. The average Bonchev–Trinajstić information content (AvgIpc) is 3.11. The topological polar surface area (TPSA) is 92.7 Å². The number of carbonyl (C=O) groups excluding carboxylic acids is 3. The molecular weight excluding hydrogens is 454 g/mol. The van der Waals surface area contributed by atoms with Gasteiger partial charge in [0.25, 0.3) is 0 Å². The van der Waals surface area contributed by atoms with Crippen LogP contribution in [0.4, 0.5) is 0 Å². The van der Waals surface area contributed by atoms with Crippen LogP contribution >= 0.6 is 0 Å². The lowest BCUT2D eigenvalue weighted by Crippen LogP contribution is -2.56. The van der Waals surface area contributed by atoms with Crippen molar-refractivity contribution in [3.05, 3.63) is 72.4 Å². The van der Waals surface area contributed by atoms with Gasteiger partial charge in [0.15, 0.2) is 5.78 Å². The average molecular weight is 492 g/mol. The minimum Gasteiger partial charge on any atom is -0.457 e. The van der Waals surface area contributed by atoms with Gasteiger partial charge < -0.3 is 15.2 Å². The molecule has 1 aromatic carbocycles.